The fourth-order valence-electron chi connectivity index (χ4n) is 2.27. The van der Waals surface area contributed by atoms with Crippen molar-refractivity contribution >= 4 is 11.6 Å². The Bertz CT molecular complexity index is 675. The summed E-state index contributed by atoms with van der Waals surface area (Å²) in [6.07, 6.45) is 3.59. The molecule has 0 radical (unpaired) electrons. The molecule has 0 bridgehead atoms. The summed E-state index contributed by atoms with van der Waals surface area (Å²) in [6.45, 7) is 8.90. The molecule has 1 unspecified atom stereocenters. The van der Waals surface area contributed by atoms with E-state index in [2.05, 4.69) is 36.4 Å². The average molecular weight is 314 g/mol. The third-order valence-corrected chi connectivity index (χ3v) is 4.29. The summed E-state index contributed by atoms with van der Waals surface area (Å²) in [4.78, 5) is 16.7. The fourth-order valence-corrected chi connectivity index (χ4v) is 2.27. The summed E-state index contributed by atoms with van der Waals surface area (Å²) >= 11 is 0. The van der Waals surface area contributed by atoms with Crippen molar-refractivity contribution in [1.82, 2.24) is 14.9 Å². The normalized spacial score (nSPS) is 12.3. The van der Waals surface area contributed by atoms with Crippen LogP contribution in [0.2, 0.25) is 0 Å². The number of rotatable bonds is 6. The first-order chi connectivity index (χ1) is 10.9. The molecule has 1 aromatic heterocycles. The second kappa shape index (κ2) is 7.31. The Labute approximate surface area is 138 Å². The van der Waals surface area contributed by atoms with Gasteiger partial charge < -0.3 is 15.2 Å². The largest absolute Gasteiger partial charge is 0.382 e. The van der Waals surface area contributed by atoms with E-state index in [0.717, 1.165) is 17.1 Å². The molecule has 2 rings (SSSR count). The van der Waals surface area contributed by atoms with Crippen molar-refractivity contribution in [3.8, 4) is 0 Å². The molecule has 1 atom stereocenters. The third kappa shape index (κ3) is 4.12. The van der Waals surface area contributed by atoms with Crippen LogP contribution in [-0.2, 0) is 13.6 Å². The van der Waals surface area contributed by atoms with Gasteiger partial charge in [-0.1, -0.05) is 19.9 Å². The maximum atomic E-state index is 12.5. The van der Waals surface area contributed by atoms with E-state index in [1.54, 1.807) is 6.20 Å². The van der Waals surface area contributed by atoms with Crippen molar-refractivity contribution in [3.63, 3.8) is 0 Å². The van der Waals surface area contributed by atoms with Gasteiger partial charge in [0.2, 0.25) is 0 Å². The van der Waals surface area contributed by atoms with Crippen LogP contribution in [0, 0.1) is 12.8 Å². The van der Waals surface area contributed by atoms with E-state index in [1.807, 2.05) is 42.9 Å². The molecule has 1 heterocycles. The highest BCUT2D eigenvalue weighted by atomic mass is 16.1. The average Bonchev–Trinajstić information content (AvgIpc) is 2.92. The van der Waals surface area contributed by atoms with Crippen molar-refractivity contribution in [2.45, 2.75) is 40.3 Å². The summed E-state index contributed by atoms with van der Waals surface area (Å²) < 4.78 is 1.90. The molecule has 0 aliphatic heterocycles. The Morgan fingerprint density at radius 1 is 1.30 bits per heavy atom. The van der Waals surface area contributed by atoms with Gasteiger partial charge in [0.15, 0.2) is 0 Å². The Hall–Kier alpha value is -2.30. The van der Waals surface area contributed by atoms with Crippen LogP contribution in [-0.4, -0.2) is 21.5 Å². The monoisotopic (exact) mass is 314 g/mol. The summed E-state index contributed by atoms with van der Waals surface area (Å²) in [5, 5.41) is 6.42. The quantitative estimate of drug-likeness (QED) is 0.861. The Morgan fingerprint density at radius 2 is 2.04 bits per heavy atom. The van der Waals surface area contributed by atoms with E-state index in [-0.39, 0.29) is 5.91 Å². The smallest absolute Gasteiger partial charge is 0.251 e. The van der Waals surface area contributed by atoms with Crippen LogP contribution in [0.25, 0.3) is 0 Å². The molecular formula is C18H26N4O. The molecule has 1 amide bonds. The van der Waals surface area contributed by atoms with Gasteiger partial charge in [-0.25, -0.2) is 4.98 Å². The first kappa shape index (κ1) is 17.1. The molecule has 0 saturated heterocycles. The van der Waals surface area contributed by atoms with E-state index in [1.165, 1.54) is 0 Å². The minimum atomic E-state index is -0.0775. The predicted molar refractivity (Wildman–Crippen MR) is 93.5 cm³/mol. The first-order valence-electron chi connectivity index (χ1n) is 8.00. The highest BCUT2D eigenvalue weighted by molar-refractivity contribution is 5.97. The Morgan fingerprint density at radius 3 is 2.65 bits per heavy atom. The summed E-state index contributed by atoms with van der Waals surface area (Å²) in [7, 11) is 1.91. The van der Waals surface area contributed by atoms with Crippen molar-refractivity contribution in [1.29, 1.82) is 0 Å². The van der Waals surface area contributed by atoms with Crippen molar-refractivity contribution in [2.75, 3.05) is 5.32 Å². The van der Waals surface area contributed by atoms with Gasteiger partial charge in [0, 0.05) is 36.7 Å². The van der Waals surface area contributed by atoms with Crippen molar-refractivity contribution < 1.29 is 4.79 Å². The molecule has 2 aromatic rings. The minimum Gasteiger partial charge on any atom is -0.382 e. The standard InChI is InChI=1S/C18H26N4O/c1-12(2)14(4)21-16-8-6-7-15(13(16)3)18(23)20-11-17-19-9-10-22(17)5/h6-10,12,14,21H,11H2,1-5H3,(H,20,23). The number of hydrogen-bond acceptors (Lipinski definition) is 3. The maximum absolute atomic E-state index is 12.5. The first-order valence-corrected chi connectivity index (χ1v) is 8.00. The van der Waals surface area contributed by atoms with Gasteiger partial charge in [-0.15, -0.1) is 0 Å². The number of nitrogens with zero attached hydrogens (tertiary/aromatic N) is 2. The number of anilines is 1. The molecular weight excluding hydrogens is 288 g/mol. The molecule has 23 heavy (non-hydrogen) atoms. The van der Waals surface area contributed by atoms with Gasteiger partial charge in [-0.2, -0.15) is 0 Å². The molecule has 5 heteroatoms. The second-order valence-corrected chi connectivity index (χ2v) is 6.29. The zero-order chi connectivity index (χ0) is 17.0. The van der Waals surface area contributed by atoms with Gasteiger partial charge in [-0.3, -0.25) is 4.79 Å². The zero-order valence-corrected chi connectivity index (χ0v) is 14.6. The minimum absolute atomic E-state index is 0.0775. The lowest BCUT2D eigenvalue weighted by atomic mass is 10.0. The molecule has 124 valence electrons. The molecule has 0 aliphatic rings. The van der Waals surface area contributed by atoms with Gasteiger partial charge >= 0.3 is 0 Å². The van der Waals surface area contributed by atoms with E-state index < -0.39 is 0 Å². The van der Waals surface area contributed by atoms with E-state index in [9.17, 15) is 4.79 Å². The Kier molecular flexibility index (Phi) is 5.42. The highest BCUT2D eigenvalue weighted by Gasteiger charge is 2.14. The van der Waals surface area contributed by atoms with Crippen LogP contribution in [0.5, 0.6) is 0 Å². The van der Waals surface area contributed by atoms with Gasteiger partial charge in [-0.05, 0) is 37.5 Å². The van der Waals surface area contributed by atoms with Crippen LogP contribution in [0.1, 0.15) is 42.5 Å². The number of benzene rings is 1. The zero-order valence-electron chi connectivity index (χ0n) is 14.6. The lowest BCUT2D eigenvalue weighted by molar-refractivity contribution is 0.0949. The lowest BCUT2D eigenvalue weighted by Gasteiger charge is -2.21. The van der Waals surface area contributed by atoms with Gasteiger partial charge in [0.05, 0.1) is 6.54 Å². The molecule has 2 N–H and O–H groups in total. The van der Waals surface area contributed by atoms with Crippen molar-refractivity contribution in [3.05, 3.63) is 47.5 Å². The number of carbonyl (C=O) groups excluding carboxylic acids is 1. The van der Waals surface area contributed by atoms with Crippen LogP contribution >= 0.6 is 0 Å². The van der Waals surface area contributed by atoms with Crippen LogP contribution in [0.15, 0.2) is 30.6 Å². The topological polar surface area (TPSA) is 59.0 Å². The van der Waals surface area contributed by atoms with E-state index in [0.29, 0.717) is 24.1 Å². The van der Waals surface area contributed by atoms with Crippen LogP contribution in [0.3, 0.4) is 0 Å². The van der Waals surface area contributed by atoms with Gasteiger partial charge in [0.25, 0.3) is 5.91 Å². The van der Waals surface area contributed by atoms with E-state index in [4.69, 9.17) is 0 Å². The number of nitrogens with one attached hydrogen (secondary N) is 2. The lowest BCUT2D eigenvalue weighted by Crippen LogP contribution is -2.26. The van der Waals surface area contributed by atoms with Crippen LogP contribution < -0.4 is 10.6 Å². The fraction of sp³-hybridized carbons (Fsp3) is 0.444. The number of imidazole rings is 1. The maximum Gasteiger partial charge on any atom is 0.251 e. The van der Waals surface area contributed by atoms with E-state index >= 15 is 0 Å². The van der Waals surface area contributed by atoms with Crippen LogP contribution in [0.4, 0.5) is 5.69 Å². The SMILES string of the molecule is Cc1c(NC(C)C(C)C)cccc1C(=O)NCc1nccn1C. The summed E-state index contributed by atoms with van der Waals surface area (Å²) in [6, 6.07) is 6.13. The molecule has 0 spiro atoms. The molecule has 1 aromatic carbocycles. The van der Waals surface area contributed by atoms with Crippen molar-refractivity contribution in [2.24, 2.45) is 13.0 Å². The summed E-state index contributed by atoms with van der Waals surface area (Å²) in [5.74, 6) is 1.28. The third-order valence-electron chi connectivity index (χ3n) is 4.29. The number of aromatic nitrogens is 2. The number of carbonyl (C=O) groups is 1. The Balaban J connectivity index is 2.10. The predicted octanol–water partition coefficient (Wildman–Crippen LogP) is 3.11. The molecule has 0 fully saturated rings. The molecule has 5 nitrogen and oxygen atoms in total. The van der Waals surface area contributed by atoms with Gasteiger partial charge in [0.1, 0.15) is 5.82 Å². The molecule has 0 aliphatic carbocycles. The number of hydrogen-bond donors (Lipinski definition) is 2. The molecule has 0 saturated carbocycles. The summed E-state index contributed by atoms with van der Waals surface area (Å²) in [5.41, 5.74) is 2.67. The highest BCUT2D eigenvalue weighted by Crippen LogP contribution is 2.21. The number of aryl methyl sites for hydroxylation is 1. The number of amides is 1. The second-order valence-electron chi connectivity index (χ2n) is 6.29.